The van der Waals surface area contributed by atoms with Crippen LogP contribution < -0.4 is 0 Å². The number of rotatable bonds is 5. The van der Waals surface area contributed by atoms with E-state index in [1.54, 1.807) is 0 Å². The van der Waals surface area contributed by atoms with E-state index in [9.17, 15) is 0 Å². The Hall–Kier alpha value is -0.0400. The molecule has 0 saturated heterocycles. The average Bonchev–Trinajstić information content (AvgIpc) is 2.06. The largest absolute Gasteiger partial charge is 0.396 e. The van der Waals surface area contributed by atoms with Gasteiger partial charge in [-0.15, -0.1) is 0 Å². The molecule has 0 spiro atoms. The van der Waals surface area contributed by atoms with Gasteiger partial charge in [0.15, 0.2) is 0 Å². The zero-order chi connectivity index (χ0) is 8.95. The van der Waals surface area contributed by atoms with Gasteiger partial charge in [0.2, 0.25) is 0 Å². The van der Waals surface area contributed by atoms with Crippen LogP contribution in [0.15, 0.2) is 0 Å². The molecular formula is C10H24O. The van der Waals surface area contributed by atoms with E-state index in [1.165, 1.54) is 32.1 Å². The van der Waals surface area contributed by atoms with Crippen LogP contribution in [0.3, 0.4) is 0 Å². The number of hydrogen-bond donors (Lipinski definition) is 1. The lowest BCUT2D eigenvalue weighted by atomic mass is 10.2. The van der Waals surface area contributed by atoms with Crippen molar-refractivity contribution >= 4 is 0 Å². The smallest absolute Gasteiger partial charge is 0.0431 e. The summed E-state index contributed by atoms with van der Waals surface area (Å²) in [6.07, 6.45) is 7.32. The molecule has 1 nitrogen and oxygen atoms in total. The first-order chi connectivity index (χ1) is 5.33. The Labute approximate surface area is 71.8 Å². The van der Waals surface area contributed by atoms with Crippen LogP contribution in [-0.2, 0) is 0 Å². The molecule has 70 valence electrons. The summed E-state index contributed by atoms with van der Waals surface area (Å²) in [7, 11) is 0. The maximum atomic E-state index is 8.29. The van der Waals surface area contributed by atoms with E-state index in [2.05, 4.69) is 20.8 Å². The van der Waals surface area contributed by atoms with E-state index in [0.29, 0.717) is 6.61 Å². The summed E-state index contributed by atoms with van der Waals surface area (Å²) >= 11 is 0. The van der Waals surface area contributed by atoms with E-state index >= 15 is 0 Å². The lowest BCUT2D eigenvalue weighted by molar-refractivity contribution is 0.283. The van der Waals surface area contributed by atoms with E-state index in [0.717, 1.165) is 6.42 Å². The lowest BCUT2D eigenvalue weighted by Crippen LogP contribution is -1.80. The number of aliphatic hydroxyl groups is 1. The Morgan fingerprint density at radius 1 is 0.727 bits per heavy atom. The fraction of sp³-hybridized carbons (Fsp3) is 1.00. The summed E-state index contributed by atoms with van der Waals surface area (Å²) in [6.45, 7) is 6.89. The summed E-state index contributed by atoms with van der Waals surface area (Å²) in [4.78, 5) is 0. The van der Waals surface area contributed by atoms with Gasteiger partial charge in [0, 0.05) is 6.61 Å². The molecule has 0 saturated carbocycles. The van der Waals surface area contributed by atoms with Crippen molar-refractivity contribution in [3.8, 4) is 0 Å². The van der Waals surface area contributed by atoms with Gasteiger partial charge in [0.25, 0.3) is 0 Å². The molecule has 0 aliphatic heterocycles. The summed E-state index contributed by atoms with van der Waals surface area (Å²) in [6, 6.07) is 0. The van der Waals surface area contributed by atoms with E-state index < -0.39 is 0 Å². The molecule has 0 aromatic heterocycles. The van der Waals surface area contributed by atoms with Crippen LogP contribution in [-0.4, -0.2) is 11.7 Å². The zero-order valence-electron chi connectivity index (χ0n) is 8.40. The summed E-state index contributed by atoms with van der Waals surface area (Å²) in [5.41, 5.74) is 0. The van der Waals surface area contributed by atoms with Gasteiger partial charge in [0.05, 0.1) is 0 Å². The van der Waals surface area contributed by atoms with E-state index in [4.69, 9.17) is 5.11 Å². The maximum absolute atomic E-state index is 8.29. The molecule has 0 aliphatic carbocycles. The van der Waals surface area contributed by atoms with Crippen molar-refractivity contribution in [2.75, 3.05) is 6.61 Å². The van der Waals surface area contributed by atoms with Crippen LogP contribution in [0.2, 0.25) is 0 Å². The third-order valence-electron chi connectivity index (χ3n) is 1.51. The predicted octanol–water partition coefficient (Wildman–Crippen LogP) is 3.37. The molecule has 0 rings (SSSR count). The Morgan fingerprint density at radius 2 is 1.27 bits per heavy atom. The normalized spacial score (nSPS) is 8.73. The molecule has 0 heterocycles. The van der Waals surface area contributed by atoms with Crippen LogP contribution in [0.25, 0.3) is 0 Å². The molecule has 0 bridgehead atoms. The van der Waals surface area contributed by atoms with Crippen molar-refractivity contribution in [2.24, 2.45) is 0 Å². The van der Waals surface area contributed by atoms with Crippen molar-refractivity contribution in [3.05, 3.63) is 0 Å². The first-order valence-electron chi connectivity index (χ1n) is 4.94. The fourth-order valence-electron chi connectivity index (χ4n) is 0.539. The second-order valence-electron chi connectivity index (χ2n) is 2.78. The Balaban J connectivity index is 0. The van der Waals surface area contributed by atoms with Gasteiger partial charge in [0.1, 0.15) is 0 Å². The Bertz CT molecular complexity index is 38.1. The standard InChI is InChI=1S/C6H14O.C4H10/c1-2-3-4-5-6-7;1-3-4-2/h7H,2-6H2,1H3;3-4H2,1-2H3. The quantitative estimate of drug-likeness (QED) is 0.611. The fourth-order valence-corrected chi connectivity index (χ4v) is 0.539. The van der Waals surface area contributed by atoms with Gasteiger partial charge < -0.3 is 5.11 Å². The van der Waals surface area contributed by atoms with Gasteiger partial charge >= 0.3 is 0 Å². The van der Waals surface area contributed by atoms with Gasteiger partial charge in [-0.3, -0.25) is 0 Å². The first kappa shape index (κ1) is 13.5. The van der Waals surface area contributed by atoms with Crippen molar-refractivity contribution in [1.29, 1.82) is 0 Å². The van der Waals surface area contributed by atoms with E-state index in [1.807, 2.05) is 0 Å². The highest BCUT2D eigenvalue weighted by atomic mass is 16.2. The van der Waals surface area contributed by atoms with Crippen molar-refractivity contribution < 1.29 is 5.11 Å². The molecule has 1 heteroatoms. The van der Waals surface area contributed by atoms with Crippen molar-refractivity contribution in [2.45, 2.75) is 59.3 Å². The minimum atomic E-state index is 0.361. The molecule has 0 aliphatic rings. The van der Waals surface area contributed by atoms with Crippen LogP contribution in [0.4, 0.5) is 0 Å². The van der Waals surface area contributed by atoms with Gasteiger partial charge in [-0.25, -0.2) is 0 Å². The minimum absolute atomic E-state index is 0.361. The number of hydrogen-bond acceptors (Lipinski definition) is 1. The highest BCUT2D eigenvalue weighted by Gasteiger charge is 1.80. The second kappa shape index (κ2) is 16.5. The average molecular weight is 160 g/mol. The molecule has 0 radical (unpaired) electrons. The van der Waals surface area contributed by atoms with Gasteiger partial charge in [-0.2, -0.15) is 0 Å². The highest BCUT2D eigenvalue weighted by molar-refractivity contribution is 4.35. The molecule has 11 heavy (non-hydrogen) atoms. The molecular weight excluding hydrogens is 136 g/mol. The molecule has 0 aromatic carbocycles. The lowest BCUT2D eigenvalue weighted by Gasteiger charge is -1.90. The van der Waals surface area contributed by atoms with Crippen LogP contribution in [0.1, 0.15) is 59.3 Å². The first-order valence-corrected chi connectivity index (χ1v) is 4.94. The highest BCUT2D eigenvalue weighted by Crippen LogP contribution is 1.96. The van der Waals surface area contributed by atoms with Gasteiger partial charge in [-0.1, -0.05) is 52.9 Å². The molecule has 0 unspecified atom stereocenters. The summed E-state index contributed by atoms with van der Waals surface area (Å²) < 4.78 is 0. The number of unbranched alkanes of at least 4 members (excludes halogenated alkanes) is 4. The molecule has 0 amide bonds. The molecule has 1 N–H and O–H groups in total. The number of aliphatic hydroxyl groups excluding tert-OH is 1. The molecule has 0 fully saturated rings. The van der Waals surface area contributed by atoms with Crippen molar-refractivity contribution in [3.63, 3.8) is 0 Å². The monoisotopic (exact) mass is 160 g/mol. The van der Waals surface area contributed by atoms with Crippen LogP contribution in [0, 0.1) is 0 Å². The predicted molar refractivity (Wildman–Crippen MR) is 51.8 cm³/mol. The third kappa shape index (κ3) is 25.7. The summed E-state index contributed by atoms with van der Waals surface area (Å²) in [5, 5.41) is 8.29. The van der Waals surface area contributed by atoms with Crippen molar-refractivity contribution in [1.82, 2.24) is 0 Å². The maximum Gasteiger partial charge on any atom is 0.0431 e. The minimum Gasteiger partial charge on any atom is -0.396 e. The second-order valence-corrected chi connectivity index (χ2v) is 2.78. The van der Waals surface area contributed by atoms with Crippen LogP contribution in [0.5, 0.6) is 0 Å². The van der Waals surface area contributed by atoms with E-state index in [-0.39, 0.29) is 0 Å². The third-order valence-corrected chi connectivity index (χ3v) is 1.51. The Morgan fingerprint density at radius 3 is 1.55 bits per heavy atom. The SMILES string of the molecule is CCCC.CCCCCCO. The topological polar surface area (TPSA) is 20.2 Å². The summed E-state index contributed by atoms with van der Waals surface area (Å²) in [5.74, 6) is 0. The van der Waals surface area contributed by atoms with Crippen LogP contribution >= 0.6 is 0 Å². The molecule has 0 atom stereocenters. The zero-order valence-corrected chi connectivity index (χ0v) is 8.40. The molecule has 0 aromatic rings. The van der Waals surface area contributed by atoms with Gasteiger partial charge in [-0.05, 0) is 6.42 Å². The Kier molecular flexibility index (Phi) is 20.3.